The molecule has 0 radical (unpaired) electrons. The quantitative estimate of drug-likeness (QED) is 0.545. The van der Waals surface area contributed by atoms with Crippen molar-refractivity contribution >= 4 is 44.6 Å². The van der Waals surface area contributed by atoms with Gasteiger partial charge in [-0.15, -0.1) is 11.3 Å². The lowest BCUT2D eigenvalue weighted by molar-refractivity contribution is -0.120. The van der Waals surface area contributed by atoms with Crippen LogP contribution in [0.5, 0.6) is 0 Å². The van der Waals surface area contributed by atoms with Crippen LogP contribution in [-0.2, 0) is 21.2 Å². The first-order chi connectivity index (χ1) is 15.3. The van der Waals surface area contributed by atoms with Gasteiger partial charge in [0, 0.05) is 41.2 Å². The van der Waals surface area contributed by atoms with Crippen LogP contribution in [0, 0.1) is 12.8 Å². The fraction of sp³-hybridized carbons (Fsp3) is 0.381. The molecule has 8 nitrogen and oxygen atoms in total. The molecule has 1 fully saturated rings. The normalized spacial score (nSPS) is 17.4. The van der Waals surface area contributed by atoms with E-state index >= 15 is 0 Å². The number of sulfonamides is 1. The highest BCUT2D eigenvalue weighted by Gasteiger charge is 2.34. The minimum atomic E-state index is -3.74. The molecule has 1 aliphatic rings. The molecule has 1 aromatic carbocycles. The number of aryl methyl sites for hydroxylation is 1. The Morgan fingerprint density at radius 3 is 2.97 bits per heavy atom. The van der Waals surface area contributed by atoms with E-state index in [1.807, 2.05) is 13.8 Å². The van der Waals surface area contributed by atoms with Crippen LogP contribution < -0.4 is 5.32 Å². The number of thiophene rings is 1. The number of benzene rings is 1. The summed E-state index contributed by atoms with van der Waals surface area (Å²) in [5, 5.41) is 9.07. The predicted octanol–water partition coefficient (Wildman–Crippen LogP) is 4.36. The van der Waals surface area contributed by atoms with E-state index in [1.54, 1.807) is 29.6 Å². The SMILES string of the molecule is CCc1nc(-c2csc(S(=O)(=O)N3CCCC(C(=O)Nc4cccc(Cl)c4C)C3)c2)no1. The van der Waals surface area contributed by atoms with E-state index in [2.05, 4.69) is 15.5 Å². The lowest BCUT2D eigenvalue weighted by atomic mass is 9.98. The zero-order valence-corrected chi connectivity index (χ0v) is 20.1. The molecule has 170 valence electrons. The number of halogens is 1. The maximum atomic E-state index is 13.2. The minimum Gasteiger partial charge on any atom is -0.339 e. The smallest absolute Gasteiger partial charge is 0.252 e. The first-order valence-electron chi connectivity index (χ1n) is 10.3. The van der Waals surface area contributed by atoms with Crippen molar-refractivity contribution in [1.82, 2.24) is 14.4 Å². The van der Waals surface area contributed by atoms with Crippen molar-refractivity contribution in [1.29, 1.82) is 0 Å². The van der Waals surface area contributed by atoms with E-state index in [0.29, 0.717) is 53.8 Å². The Balaban J connectivity index is 1.48. The van der Waals surface area contributed by atoms with Crippen molar-refractivity contribution < 1.29 is 17.7 Å². The van der Waals surface area contributed by atoms with Crippen LogP contribution in [0.25, 0.3) is 11.4 Å². The zero-order valence-electron chi connectivity index (χ0n) is 17.7. The largest absolute Gasteiger partial charge is 0.339 e. The molecule has 2 aromatic heterocycles. The highest BCUT2D eigenvalue weighted by molar-refractivity contribution is 7.91. The van der Waals surface area contributed by atoms with Crippen LogP contribution in [0.3, 0.4) is 0 Å². The predicted molar refractivity (Wildman–Crippen MR) is 123 cm³/mol. The van der Waals surface area contributed by atoms with E-state index in [0.717, 1.165) is 16.9 Å². The second-order valence-corrected chi connectivity index (χ2v) is 11.1. The van der Waals surface area contributed by atoms with Crippen LogP contribution in [0.2, 0.25) is 5.02 Å². The molecule has 1 unspecified atom stereocenters. The molecular formula is C21H23ClN4O4S2. The summed E-state index contributed by atoms with van der Waals surface area (Å²) in [4.78, 5) is 17.1. The van der Waals surface area contributed by atoms with Crippen molar-refractivity contribution in [3.05, 3.63) is 46.1 Å². The molecule has 1 amide bonds. The molecule has 32 heavy (non-hydrogen) atoms. The maximum Gasteiger partial charge on any atom is 0.252 e. The Morgan fingerprint density at radius 1 is 1.41 bits per heavy atom. The van der Waals surface area contributed by atoms with Gasteiger partial charge in [-0.3, -0.25) is 4.79 Å². The number of piperidine rings is 1. The van der Waals surface area contributed by atoms with E-state index in [9.17, 15) is 13.2 Å². The van der Waals surface area contributed by atoms with E-state index in [1.165, 1.54) is 4.31 Å². The van der Waals surface area contributed by atoms with Gasteiger partial charge in [-0.05, 0) is 43.5 Å². The molecule has 0 bridgehead atoms. The van der Waals surface area contributed by atoms with Crippen molar-refractivity contribution in [2.75, 3.05) is 18.4 Å². The first-order valence-corrected chi connectivity index (χ1v) is 13.0. The van der Waals surface area contributed by atoms with Gasteiger partial charge in [0.2, 0.25) is 17.6 Å². The van der Waals surface area contributed by atoms with Crippen molar-refractivity contribution in [2.45, 2.75) is 37.3 Å². The molecular weight excluding hydrogens is 472 g/mol. The third-order valence-corrected chi connectivity index (χ3v) is 9.17. The summed E-state index contributed by atoms with van der Waals surface area (Å²) >= 11 is 7.25. The highest BCUT2D eigenvalue weighted by atomic mass is 35.5. The summed E-state index contributed by atoms with van der Waals surface area (Å²) in [6, 6.07) is 6.87. The third kappa shape index (κ3) is 4.59. The number of carbonyl (C=O) groups is 1. The monoisotopic (exact) mass is 494 g/mol. The molecule has 4 rings (SSSR count). The molecule has 0 aliphatic carbocycles. The molecule has 0 spiro atoms. The molecule has 1 N–H and O–H groups in total. The van der Waals surface area contributed by atoms with Gasteiger partial charge in [-0.1, -0.05) is 29.7 Å². The van der Waals surface area contributed by atoms with Gasteiger partial charge in [0.1, 0.15) is 4.21 Å². The lowest BCUT2D eigenvalue weighted by Gasteiger charge is -2.31. The number of amides is 1. The van der Waals surface area contributed by atoms with Crippen LogP contribution in [0.15, 0.2) is 38.4 Å². The number of nitrogens with one attached hydrogen (secondary N) is 1. The molecule has 11 heteroatoms. The van der Waals surface area contributed by atoms with Crippen molar-refractivity contribution in [2.24, 2.45) is 5.92 Å². The standard InChI is InChI=1S/C21H23ClN4O4S2/c1-3-18-24-20(25-30-18)15-10-19(31-12-15)32(28,29)26-9-5-6-14(11-26)21(27)23-17-8-4-7-16(22)13(17)2/h4,7-8,10,12,14H,3,5-6,9,11H2,1-2H3,(H,23,27). The van der Waals surface area contributed by atoms with Crippen molar-refractivity contribution in [3.8, 4) is 11.4 Å². The zero-order chi connectivity index (χ0) is 22.9. The molecule has 1 aliphatic heterocycles. The van der Waals surface area contributed by atoms with Gasteiger partial charge < -0.3 is 9.84 Å². The first kappa shape index (κ1) is 22.9. The van der Waals surface area contributed by atoms with Gasteiger partial charge in [-0.25, -0.2) is 8.42 Å². The fourth-order valence-electron chi connectivity index (χ4n) is 3.56. The second-order valence-electron chi connectivity index (χ2n) is 7.62. The number of rotatable bonds is 6. The highest BCUT2D eigenvalue weighted by Crippen LogP contribution is 2.32. The minimum absolute atomic E-state index is 0.128. The number of anilines is 1. The summed E-state index contributed by atoms with van der Waals surface area (Å²) in [6.45, 7) is 4.23. The summed E-state index contributed by atoms with van der Waals surface area (Å²) in [7, 11) is -3.74. The number of hydrogen-bond donors (Lipinski definition) is 1. The second kappa shape index (κ2) is 9.30. The van der Waals surface area contributed by atoms with Gasteiger partial charge >= 0.3 is 0 Å². The van der Waals surface area contributed by atoms with E-state index < -0.39 is 15.9 Å². The average molecular weight is 495 g/mol. The topological polar surface area (TPSA) is 105 Å². The van der Waals surface area contributed by atoms with E-state index in [-0.39, 0.29) is 16.7 Å². The Morgan fingerprint density at radius 2 is 2.22 bits per heavy atom. The Kier molecular flexibility index (Phi) is 6.66. The van der Waals surface area contributed by atoms with Crippen LogP contribution >= 0.6 is 22.9 Å². The summed E-state index contributed by atoms with van der Waals surface area (Å²) in [6.07, 6.45) is 1.83. The molecule has 1 atom stereocenters. The Hall–Kier alpha value is -2.27. The summed E-state index contributed by atoms with van der Waals surface area (Å²) in [5.41, 5.74) is 2.01. The van der Waals surface area contributed by atoms with Gasteiger partial charge in [0.05, 0.1) is 5.92 Å². The van der Waals surface area contributed by atoms with Crippen LogP contribution in [0.4, 0.5) is 5.69 Å². The molecule has 3 heterocycles. The number of nitrogens with zero attached hydrogens (tertiary/aromatic N) is 3. The number of carbonyl (C=O) groups excluding carboxylic acids is 1. The van der Waals surface area contributed by atoms with Gasteiger partial charge in [-0.2, -0.15) is 9.29 Å². The van der Waals surface area contributed by atoms with Crippen LogP contribution in [-0.4, -0.2) is 41.9 Å². The Labute approximate surface area is 195 Å². The van der Waals surface area contributed by atoms with Crippen LogP contribution in [0.1, 0.15) is 31.2 Å². The number of aromatic nitrogens is 2. The van der Waals surface area contributed by atoms with Gasteiger partial charge in [0.15, 0.2) is 0 Å². The third-order valence-electron chi connectivity index (χ3n) is 5.48. The Bertz CT molecular complexity index is 1240. The summed E-state index contributed by atoms with van der Waals surface area (Å²) < 4.78 is 33.2. The lowest BCUT2D eigenvalue weighted by Crippen LogP contribution is -2.43. The van der Waals surface area contributed by atoms with E-state index in [4.69, 9.17) is 16.1 Å². The summed E-state index contributed by atoms with van der Waals surface area (Å²) in [5.74, 6) is 0.212. The van der Waals surface area contributed by atoms with Crippen molar-refractivity contribution in [3.63, 3.8) is 0 Å². The van der Waals surface area contributed by atoms with Gasteiger partial charge in [0.25, 0.3) is 10.0 Å². The fourth-order valence-corrected chi connectivity index (χ4v) is 6.57. The average Bonchev–Trinajstić information content (AvgIpc) is 3.47. The maximum absolute atomic E-state index is 13.2. The number of hydrogen-bond acceptors (Lipinski definition) is 7. The molecule has 1 saturated heterocycles. The molecule has 3 aromatic rings. The molecule has 0 saturated carbocycles.